The van der Waals surface area contributed by atoms with Crippen molar-refractivity contribution in [2.45, 2.75) is 37.8 Å². The maximum atomic E-state index is 10.0. The van der Waals surface area contributed by atoms with Crippen LogP contribution in [0.4, 0.5) is 5.69 Å². The van der Waals surface area contributed by atoms with Gasteiger partial charge in [-0.3, -0.25) is 0 Å². The van der Waals surface area contributed by atoms with Crippen LogP contribution in [0.3, 0.4) is 0 Å². The number of anilines is 1. The van der Waals surface area contributed by atoms with Gasteiger partial charge in [0.15, 0.2) is 6.29 Å². The van der Waals surface area contributed by atoms with Crippen molar-refractivity contribution < 1.29 is 19.3 Å². The molecule has 1 fully saturated rings. The number of rotatable bonds is 6. The van der Waals surface area contributed by atoms with Crippen LogP contribution >= 0.6 is 0 Å². The van der Waals surface area contributed by atoms with Gasteiger partial charge in [-0.25, -0.2) is 0 Å². The summed E-state index contributed by atoms with van der Waals surface area (Å²) in [5.41, 5.74) is 5.90. The number of fused-ring (bicyclic) bond motifs is 1. The summed E-state index contributed by atoms with van der Waals surface area (Å²) in [6.45, 7) is 2.49. The molecule has 0 saturated carbocycles. The minimum absolute atomic E-state index is 0.0655. The number of phenolic OH excluding ortho intramolecular Hbond substituents is 1. The topological polar surface area (TPSA) is 51.2 Å². The van der Waals surface area contributed by atoms with Gasteiger partial charge in [0, 0.05) is 44.8 Å². The fourth-order valence-corrected chi connectivity index (χ4v) is 5.55. The summed E-state index contributed by atoms with van der Waals surface area (Å²) in [4.78, 5) is 2.45. The lowest BCUT2D eigenvalue weighted by Crippen LogP contribution is -2.39. The highest BCUT2D eigenvalue weighted by atomic mass is 16.7. The van der Waals surface area contributed by atoms with Crippen LogP contribution in [0.5, 0.6) is 5.75 Å². The number of benzene rings is 3. The summed E-state index contributed by atoms with van der Waals surface area (Å²) in [6, 6.07) is 25.0. The lowest BCUT2D eigenvalue weighted by atomic mass is 9.79. The number of hydrogen-bond donors (Lipinski definition) is 1. The highest BCUT2D eigenvalue weighted by molar-refractivity contribution is 5.52. The van der Waals surface area contributed by atoms with Crippen molar-refractivity contribution in [2.24, 2.45) is 5.92 Å². The highest BCUT2D eigenvalue weighted by Crippen LogP contribution is 2.45. The second-order valence-electron chi connectivity index (χ2n) is 9.26. The van der Waals surface area contributed by atoms with Crippen LogP contribution in [0.2, 0.25) is 0 Å². The van der Waals surface area contributed by atoms with Crippen molar-refractivity contribution in [1.29, 1.82) is 0 Å². The second kappa shape index (κ2) is 10.2. The Bertz CT molecular complexity index is 1070. The third-order valence-corrected chi connectivity index (χ3v) is 7.32. The molecule has 2 atom stereocenters. The Kier molecular flexibility index (Phi) is 6.86. The second-order valence-corrected chi connectivity index (χ2v) is 9.26. The van der Waals surface area contributed by atoms with Crippen LogP contribution in [0.15, 0.2) is 72.8 Å². The normalized spacial score (nSPS) is 21.0. The Balaban J connectivity index is 1.40. The first-order valence-corrected chi connectivity index (χ1v) is 12.1. The maximum Gasteiger partial charge on any atom is 0.159 e. The molecule has 3 aromatic carbocycles. The predicted octanol–water partition coefficient (Wildman–Crippen LogP) is 5.63. The van der Waals surface area contributed by atoms with Gasteiger partial charge in [0.05, 0.1) is 12.7 Å². The van der Waals surface area contributed by atoms with Gasteiger partial charge in [0.25, 0.3) is 0 Å². The van der Waals surface area contributed by atoms with Crippen LogP contribution in [0, 0.1) is 5.92 Å². The minimum Gasteiger partial charge on any atom is -0.508 e. The Hall–Kier alpha value is -2.86. The summed E-state index contributed by atoms with van der Waals surface area (Å²) in [5, 5.41) is 10.0. The third kappa shape index (κ3) is 4.56. The molecule has 5 rings (SSSR count). The van der Waals surface area contributed by atoms with Crippen LogP contribution in [-0.2, 0) is 20.8 Å². The summed E-state index contributed by atoms with van der Waals surface area (Å²) in [5.74, 6) is 0.780. The average molecular weight is 460 g/mol. The smallest absolute Gasteiger partial charge is 0.159 e. The molecule has 34 heavy (non-hydrogen) atoms. The quantitative estimate of drug-likeness (QED) is 0.484. The molecule has 178 valence electrons. The van der Waals surface area contributed by atoms with Crippen LogP contribution in [-0.4, -0.2) is 38.7 Å². The lowest BCUT2D eigenvalue weighted by Gasteiger charge is -2.37. The molecule has 0 aliphatic carbocycles. The van der Waals surface area contributed by atoms with E-state index in [4.69, 9.17) is 14.2 Å². The summed E-state index contributed by atoms with van der Waals surface area (Å²) < 4.78 is 17.3. The fourth-order valence-electron chi connectivity index (χ4n) is 5.55. The molecule has 1 saturated heterocycles. The van der Waals surface area contributed by atoms with Gasteiger partial charge in [0.2, 0.25) is 0 Å². The van der Waals surface area contributed by atoms with E-state index in [1.807, 2.05) is 12.1 Å². The molecule has 2 aliphatic rings. The molecule has 2 heterocycles. The Morgan fingerprint density at radius 1 is 0.882 bits per heavy atom. The number of methoxy groups -OCH3 is 2. The first-order chi connectivity index (χ1) is 16.7. The minimum atomic E-state index is -0.120. The van der Waals surface area contributed by atoms with Crippen molar-refractivity contribution in [3.63, 3.8) is 0 Å². The molecule has 0 aromatic heterocycles. The molecule has 0 spiro atoms. The number of nitrogens with zero attached hydrogens (tertiary/aromatic N) is 1. The largest absolute Gasteiger partial charge is 0.508 e. The number of ether oxygens (including phenoxy) is 3. The molecule has 1 N–H and O–H groups in total. The van der Waals surface area contributed by atoms with E-state index in [0.29, 0.717) is 12.5 Å². The zero-order valence-electron chi connectivity index (χ0n) is 19.9. The zero-order chi connectivity index (χ0) is 23.5. The van der Waals surface area contributed by atoms with Crippen molar-refractivity contribution >= 4 is 5.69 Å². The van der Waals surface area contributed by atoms with Crippen LogP contribution in [0.1, 0.15) is 47.1 Å². The van der Waals surface area contributed by atoms with Crippen molar-refractivity contribution in [3.05, 3.63) is 95.1 Å². The molecule has 0 bridgehead atoms. The van der Waals surface area contributed by atoms with Gasteiger partial charge in [-0.15, -0.1) is 0 Å². The van der Waals surface area contributed by atoms with E-state index in [-0.39, 0.29) is 24.1 Å². The molecule has 3 aromatic rings. The SMILES string of the molecule is COC(OC)C1CCN(c2ccc([C@@H]3c4ccc(O)cc4CO[C@@H]3c3ccccc3)cc2)CC1. The van der Waals surface area contributed by atoms with Crippen molar-refractivity contribution in [1.82, 2.24) is 0 Å². The van der Waals surface area contributed by atoms with Crippen LogP contribution in [0.25, 0.3) is 0 Å². The number of hydrogen-bond acceptors (Lipinski definition) is 5. The molecular formula is C29H33NO4. The van der Waals surface area contributed by atoms with E-state index >= 15 is 0 Å². The Morgan fingerprint density at radius 2 is 1.59 bits per heavy atom. The van der Waals surface area contributed by atoms with Gasteiger partial charge < -0.3 is 24.2 Å². The van der Waals surface area contributed by atoms with E-state index in [2.05, 4.69) is 59.5 Å². The molecule has 2 aliphatic heterocycles. The van der Waals surface area contributed by atoms with Crippen molar-refractivity contribution in [2.75, 3.05) is 32.2 Å². The van der Waals surface area contributed by atoms with E-state index in [0.717, 1.165) is 31.5 Å². The van der Waals surface area contributed by atoms with Gasteiger partial charge in [0.1, 0.15) is 5.75 Å². The molecule has 5 heteroatoms. The van der Waals surface area contributed by atoms with E-state index in [1.54, 1.807) is 20.3 Å². The fraction of sp³-hybridized carbons (Fsp3) is 0.379. The van der Waals surface area contributed by atoms with Crippen LogP contribution < -0.4 is 4.90 Å². The number of aromatic hydroxyl groups is 1. The molecule has 0 amide bonds. The monoisotopic (exact) mass is 459 g/mol. The number of piperidine rings is 1. The molecule has 5 nitrogen and oxygen atoms in total. The maximum absolute atomic E-state index is 10.0. The van der Waals surface area contributed by atoms with E-state index in [9.17, 15) is 5.11 Å². The first kappa shape index (κ1) is 22.9. The standard InChI is InChI=1S/C29H33NO4/c1-32-29(33-2)22-14-16-30(17-15-22)24-10-8-20(9-11-24)27-26-13-12-25(31)18-23(26)19-34-28(27)21-6-4-3-5-7-21/h3-13,18,22,27-29,31H,14-17,19H2,1-2H3/t27-,28-/m1/s1. The van der Waals surface area contributed by atoms with E-state index < -0.39 is 0 Å². The Morgan fingerprint density at radius 3 is 2.26 bits per heavy atom. The van der Waals surface area contributed by atoms with Gasteiger partial charge >= 0.3 is 0 Å². The summed E-state index contributed by atoms with van der Waals surface area (Å²) >= 11 is 0. The van der Waals surface area contributed by atoms with Gasteiger partial charge in [-0.2, -0.15) is 0 Å². The highest BCUT2D eigenvalue weighted by Gasteiger charge is 2.33. The first-order valence-electron chi connectivity index (χ1n) is 12.1. The predicted molar refractivity (Wildman–Crippen MR) is 133 cm³/mol. The molecular weight excluding hydrogens is 426 g/mol. The summed E-state index contributed by atoms with van der Waals surface area (Å²) in [6.07, 6.45) is 1.92. The van der Waals surface area contributed by atoms with E-state index in [1.165, 1.54) is 22.4 Å². The average Bonchev–Trinajstić information content (AvgIpc) is 2.90. The van der Waals surface area contributed by atoms with Gasteiger partial charge in [-0.05, 0) is 59.4 Å². The lowest BCUT2D eigenvalue weighted by molar-refractivity contribution is -0.141. The van der Waals surface area contributed by atoms with Crippen molar-refractivity contribution in [3.8, 4) is 5.75 Å². The summed E-state index contributed by atoms with van der Waals surface area (Å²) in [7, 11) is 3.44. The van der Waals surface area contributed by atoms with Gasteiger partial charge in [-0.1, -0.05) is 48.5 Å². The third-order valence-electron chi connectivity index (χ3n) is 7.32. The zero-order valence-corrected chi connectivity index (χ0v) is 19.9. The number of phenols is 1. The Labute approximate surface area is 201 Å². The molecule has 0 radical (unpaired) electrons. The molecule has 0 unspecified atom stereocenters.